The second-order valence-electron chi connectivity index (χ2n) is 7.78. The number of thiazole rings is 1. The molecule has 4 rings (SSSR count). The molecule has 2 aliphatic rings. The minimum absolute atomic E-state index is 0.135. The number of anilines is 1. The van der Waals surface area contributed by atoms with Crippen LogP contribution in [0.25, 0.3) is 0 Å². The van der Waals surface area contributed by atoms with Gasteiger partial charge in [-0.25, -0.2) is 9.97 Å². The molecule has 8 heteroatoms. The van der Waals surface area contributed by atoms with E-state index >= 15 is 0 Å². The molecule has 156 valence electrons. The maximum atomic E-state index is 13.0. The Morgan fingerprint density at radius 1 is 1.17 bits per heavy atom. The normalized spacial score (nSPS) is 19.0. The predicted octanol–water partition coefficient (Wildman–Crippen LogP) is 3.31. The van der Waals surface area contributed by atoms with Crippen LogP contribution in [0.5, 0.6) is 0 Å². The van der Waals surface area contributed by atoms with E-state index in [1.54, 1.807) is 17.5 Å². The first kappa shape index (κ1) is 20.6. The van der Waals surface area contributed by atoms with Gasteiger partial charge in [-0.3, -0.25) is 9.69 Å². The number of hydrogen-bond donors (Lipinski definition) is 0. The highest BCUT2D eigenvalue weighted by atomic mass is 35.5. The molecule has 0 atom stereocenters. The highest BCUT2D eigenvalue weighted by Gasteiger charge is 2.30. The van der Waals surface area contributed by atoms with Crippen LogP contribution < -0.4 is 4.90 Å². The molecule has 0 aliphatic carbocycles. The Balaban J connectivity index is 1.23. The average Bonchev–Trinajstić information content (AvgIpc) is 3.22. The molecule has 2 fully saturated rings. The third-order valence-electron chi connectivity index (χ3n) is 5.85. The molecule has 0 spiro atoms. The van der Waals surface area contributed by atoms with Crippen molar-refractivity contribution in [2.45, 2.75) is 32.7 Å². The highest BCUT2D eigenvalue weighted by molar-refractivity contribution is 7.09. The summed E-state index contributed by atoms with van der Waals surface area (Å²) in [6, 6.07) is 3.82. The van der Waals surface area contributed by atoms with Gasteiger partial charge in [0.2, 0.25) is 5.91 Å². The van der Waals surface area contributed by atoms with Crippen molar-refractivity contribution in [2.24, 2.45) is 5.92 Å². The largest absolute Gasteiger partial charge is 0.357 e. The zero-order valence-electron chi connectivity index (χ0n) is 16.9. The fourth-order valence-corrected chi connectivity index (χ4v) is 4.96. The molecular weight excluding hydrogens is 406 g/mol. The first-order chi connectivity index (χ1) is 14.1. The van der Waals surface area contributed by atoms with Crippen LogP contribution in [-0.2, 0) is 17.8 Å². The van der Waals surface area contributed by atoms with Gasteiger partial charge in [-0.15, -0.1) is 11.3 Å². The van der Waals surface area contributed by atoms with Gasteiger partial charge in [-0.2, -0.15) is 0 Å². The lowest BCUT2D eigenvalue weighted by Gasteiger charge is -2.38. The summed E-state index contributed by atoms with van der Waals surface area (Å²) in [5.74, 6) is 1.41. The van der Waals surface area contributed by atoms with Crippen molar-refractivity contribution in [3.63, 3.8) is 0 Å². The number of aryl methyl sites for hydroxylation is 1. The standard InChI is InChI=1S/C21H28ClN5OS/c1-2-20-24-18(15-29-20)14-25-9-11-27(12-10-25)21(28)16-5-7-26(8-6-16)19-4-3-17(22)13-23-19/h3-4,13,15-16H,2,5-12,14H2,1H3. The average molecular weight is 434 g/mol. The molecule has 0 unspecified atom stereocenters. The van der Waals surface area contributed by atoms with E-state index in [-0.39, 0.29) is 5.92 Å². The summed E-state index contributed by atoms with van der Waals surface area (Å²) in [6.45, 7) is 8.28. The quantitative estimate of drug-likeness (QED) is 0.724. The first-order valence-corrected chi connectivity index (χ1v) is 11.7. The molecular formula is C21H28ClN5OS. The molecule has 0 aromatic carbocycles. The fraction of sp³-hybridized carbons (Fsp3) is 0.571. The second-order valence-corrected chi connectivity index (χ2v) is 9.16. The molecule has 0 bridgehead atoms. The van der Waals surface area contributed by atoms with Gasteiger partial charge in [-0.1, -0.05) is 18.5 Å². The van der Waals surface area contributed by atoms with E-state index in [4.69, 9.17) is 11.6 Å². The van der Waals surface area contributed by atoms with E-state index in [9.17, 15) is 4.79 Å². The Hall–Kier alpha value is -1.70. The predicted molar refractivity (Wildman–Crippen MR) is 118 cm³/mol. The van der Waals surface area contributed by atoms with E-state index in [2.05, 4.69) is 37.0 Å². The minimum atomic E-state index is 0.135. The van der Waals surface area contributed by atoms with Crippen molar-refractivity contribution in [2.75, 3.05) is 44.2 Å². The van der Waals surface area contributed by atoms with E-state index in [0.29, 0.717) is 10.9 Å². The molecule has 29 heavy (non-hydrogen) atoms. The molecule has 2 saturated heterocycles. The molecule has 2 aliphatic heterocycles. The third-order valence-corrected chi connectivity index (χ3v) is 7.12. The van der Waals surface area contributed by atoms with Gasteiger partial charge >= 0.3 is 0 Å². The SMILES string of the molecule is CCc1nc(CN2CCN(C(=O)C3CCN(c4ccc(Cl)cn4)CC3)CC2)cs1. The summed E-state index contributed by atoms with van der Waals surface area (Å²) in [5, 5.41) is 4.02. The van der Waals surface area contributed by atoms with E-state index < -0.39 is 0 Å². The van der Waals surface area contributed by atoms with Gasteiger partial charge in [0.05, 0.1) is 15.7 Å². The lowest BCUT2D eigenvalue weighted by Crippen LogP contribution is -2.51. The van der Waals surface area contributed by atoms with Gasteiger partial charge in [0.1, 0.15) is 5.82 Å². The fourth-order valence-electron chi connectivity index (χ4n) is 4.11. The van der Waals surface area contributed by atoms with E-state index in [1.807, 2.05) is 12.1 Å². The van der Waals surface area contributed by atoms with Crippen LogP contribution in [0.4, 0.5) is 5.82 Å². The number of halogens is 1. The third kappa shape index (κ3) is 5.08. The number of carbonyl (C=O) groups excluding carboxylic acids is 1. The number of hydrogen-bond acceptors (Lipinski definition) is 6. The summed E-state index contributed by atoms with van der Waals surface area (Å²) >= 11 is 7.67. The summed E-state index contributed by atoms with van der Waals surface area (Å²) in [5.41, 5.74) is 1.16. The van der Waals surface area contributed by atoms with Gasteiger partial charge in [-0.05, 0) is 31.4 Å². The van der Waals surface area contributed by atoms with Gasteiger partial charge in [0.15, 0.2) is 0 Å². The number of piperazine rings is 1. The van der Waals surface area contributed by atoms with Crippen LogP contribution in [0, 0.1) is 5.92 Å². The van der Waals surface area contributed by atoms with Crippen LogP contribution in [0.1, 0.15) is 30.5 Å². The minimum Gasteiger partial charge on any atom is -0.357 e. The Kier molecular flexibility index (Phi) is 6.67. The van der Waals surface area contributed by atoms with Gasteiger partial charge < -0.3 is 9.80 Å². The van der Waals surface area contributed by atoms with E-state index in [1.165, 1.54) is 5.01 Å². The molecule has 1 amide bonds. The number of aromatic nitrogens is 2. The molecule has 2 aromatic rings. The van der Waals surface area contributed by atoms with Crippen molar-refractivity contribution in [3.05, 3.63) is 39.4 Å². The van der Waals surface area contributed by atoms with Crippen molar-refractivity contribution < 1.29 is 4.79 Å². The molecule has 6 nitrogen and oxygen atoms in total. The zero-order valence-corrected chi connectivity index (χ0v) is 18.5. The lowest BCUT2D eigenvalue weighted by atomic mass is 9.95. The summed E-state index contributed by atoms with van der Waals surface area (Å²) in [6.07, 6.45) is 4.46. The maximum Gasteiger partial charge on any atom is 0.225 e. The lowest BCUT2D eigenvalue weighted by molar-refractivity contribution is -0.138. The van der Waals surface area contributed by atoms with Gasteiger partial charge in [0, 0.05) is 63.3 Å². The molecule has 4 heterocycles. The highest BCUT2D eigenvalue weighted by Crippen LogP contribution is 2.25. The Bertz CT molecular complexity index is 811. The first-order valence-electron chi connectivity index (χ1n) is 10.4. The van der Waals surface area contributed by atoms with Crippen molar-refractivity contribution in [3.8, 4) is 0 Å². The monoisotopic (exact) mass is 433 g/mol. The molecule has 2 aromatic heterocycles. The van der Waals surface area contributed by atoms with Crippen molar-refractivity contribution in [1.82, 2.24) is 19.8 Å². The van der Waals surface area contributed by atoms with Crippen molar-refractivity contribution >= 4 is 34.7 Å². The smallest absolute Gasteiger partial charge is 0.225 e. The molecule has 0 N–H and O–H groups in total. The molecule has 0 saturated carbocycles. The Morgan fingerprint density at radius 2 is 1.93 bits per heavy atom. The molecule has 0 radical (unpaired) electrons. The van der Waals surface area contributed by atoms with Crippen LogP contribution in [0.15, 0.2) is 23.7 Å². The summed E-state index contributed by atoms with van der Waals surface area (Å²) in [7, 11) is 0. The summed E-state index contributed by atoms with van der Waals surface area (Å²) in [4.78, 5) is 28.8. The number of carbonyl (C=O) groups is 1. The number of amides is 1. The Labute approximate surface area is 181 Å². The number of pyridine rings is 1. The number of piperidine rings is 1. The zero-order chi connectivity index (χ0) is 20.2. The number of nitrogens with zero attached hydrogens (tertiary/aromatic N) is 5. The summed E-state index contributed by atoms with van der Waals surface area (Å²) < 4.78 is 0. The van der Waals surface area contributed by atoms with Gasteiger partial charge in [0.25, 0.3) is 0 Å². The van der Waals surface area contributed by atoms with Crippen LogP contribution >= 0.6 is 22.9 Å². The van der Waals surface area contributed by atoms with Crippen LogP contribution in [-0.4, -0.2) is 64.9 Å². The van der Waals surface area contributed by atoms with Crippen molar-refractivity contribution in [1.29, 1.82) is 0 Å². The maximum absolute atomic E-state index is 13.0. The second kappa shape index (κ2) is 9.41. The van der Waals surface area contributed by atoms with E-state index in [0.717, 1.165) is 76.6 Å². The van der Waals surface area contributed by atoms with Crippen LogP contribution in [0.2, 0.25) is 5.02 Å². The topological polar surface area (TPSA) is 52.6 Å². The van der Waals surface area contributed by atoms with Crippen LogP contribution in [0.3, 0.4) is 0 Å². The number of rotatable bonds is 5. The Morgan fingerprint density at radius 3 is 2.55 bits per heavy atom.